The molecule has 106 valence electrons. The Kier molecular flexibility index (Phi) is 5.00. The Bertz CT molecular complexity index is 480. The topological polar surface area (TPSA) is 56.1 Å². The minimum absolute atomic E-state index is 0.0229. The summed E-state index contributed by atoms with van der Waals surface area (Å²) in [5.41, 5.74) is 1.25. The molecule has 1 aliphatic heterocycles. The number of hydrogen-bond acceptors (Lipinski definition) is 2. The first-order valence-electron chi connectivity index (χ1n) is 7.19. The van der Waals surface area contributed by atoms with Crippen molar-refractivity contribution < 1.29 is 4.79 Å². The fourth-order valence-electron chi connectivity index (χ4n) is 2.59. The molecule has 20 heavy (non-hydrogen) atoms. The van der Waals surface area contributed by atoms with Crippen LogP contribution < -0.4 is 5.32 Å². The van der Waals surface area contributed by atoms with Crippen molar-refractivity contribution in [2.45, 2.75) is 38.1 Å². The second kappa shape index (κ2) is 6.95. The van der Waals surface area contributed by atoms with Crippen LogP contribution in [0.1, 0.15) is 37.7 Å². The molecule has 1 fully saturated rings. The zero-order valence-electron chi connectivity index (χ0n) is 11.9. The maximum absolute atomic E-state index is 11.9. The van der Waals surface area contributed by atoms with Gasteiger partial charge in [-0.25, -0.2) is 4.79 Å². The molecular formula is C16H21N3O. The number of nitriles is 1. The predicted octanol–water partition coefficient (Wildman–Crippen LogP) is 2.88. The molecule has 0 aliphatic carbocycles. The van der Waals surface area contributed by atoms with Crippen molar-refractivity contribution in [3.63, 3.8) is 0 Å². The average Bonchev–Trinajstić information content (AvgIpc) is 2.85. The van der Waals surface area contributed by atoms with Gasteiger partial charge in [-0.15, -0.1) is 0 Å². The van der Waals surface area contributed by atoms with Crippen LogP contribution in [-0.2, 0) is 0 Å². The quantitative estimate of drug-likeness (QED) is 0.809. The summed E-state index contributed by atoms with van der Waals surface area (Å²) < 4.78 is 0. The van der Waals surface area contributed by atoms with E-state index in [9.17, 15) is 4.79 Å². The Hall–Kier alpha value is -2.02. The lowest BCUT2D eigenvalue weighted by Gasteiger charge is -2.19. The number of benzene rings is 1. The number of nitrogens with one attached hydrogen (secondary N) is 1. The van der Waals surface area contributed by atoms with Gasteiger partial charge >= 0.3 is 6.03 Å². The minimum Gasteiger partial charge on any atom is -0.333 e. The van der Waals surface area contributed by atoms with Gasteiger partial charge in [0.05, 0.1) is 12.1 Å². The van der Waals surface area contributed by atoms with Crippen molar-refractivity contribution in [2.24, 2.45) is 0 Å². The van der Waals surface area contributed by atoms with Gasteiger partial charge in [0, 0.05) is 25.4 Å². The fraction of sp³-hybridized carbons (Fsp3) is 0.500. The highest BCUT2D eigenvalue weighted by atomic mass is 16.2. The number of nitrogens with zero attached hydrogens (tertiary/aromatic N) is 2. The van der Waals surface area contributed by atoms with E-state index in [1.807, 2.05) is 23.1 Å². The molecule has 0 aromatic heterocycles. The zero-order chi connectivity index (χ0) is 14.4. The van der Waals surface area contributed by atoms with Crippen molar-refractivity contribution in [1.29, 1.82) is 5.26 Å². The van der Waals surface area contributed by atoms with Gasteiger partial charge in [0.15, 0.2) is 0 Å². The number of carbonyl (C=O) groups excluding carboxylic acids is 1. The van der Waals surface area contributed by atoms with Crippen LogP contribution in [0, 0.1) is 11.3 Å². The average molecular weight is 271 g/mol. The molecule has 1 aromatic carbocycles. The first-order valence-corrected chi connectivity index (χ1v) is 7.19. The van der Waals surface area contributed by atoms with Crippen LogP contribution in [0.2, 0.25) is 0 Å². The summed E-state index contributed by atoms with van der Waals surface area (Å²) in [5.74, 6) is 0.309. The molecule has 4 nitrogen and oxygen atoms in total. The summed E-state index contributed by atoms with van der Waals surface area (Å²) >= 11 is 0. The van der Waals surface area contributed by atoms with Crippen LogP contribution in [0.25, 0.3) is 0 Å². The molecular weight excluding hydrogens is 250 g/mol. The third-order valence-electron chi connectivity index (χ3n) is 3.91. The monoisotopic (exact) mass is 271 g/mol. The summed E-state index contributed by atoms with van der Waals surface area (Å²) in [6.07, 6.45) is 2.33. The highest BCUT2D eigenvalue weighted by molar-refractivity contribution is 5.77. The minimum atomic E-state index is 0.0229. The molecule has 1 unspecified atom stereocenters. The lowest BCUT2D eigenvalue weighted by molar-refractivity contribution is 0.216. The van der Waals surface area contributed by atoms with Crippen molar-refractivity contribution in [2.75, 3.05) is 13.1 Å². The lowest BCUT2D eigenvalue weighted by Crippen LogP contribution is -2.31. The molecule has 0 saturated carbocycles. The zero-order valence-corrected chi connectivity index (χ0v) is 11.9. The molecule has 1 saturated heterocycles. The summed E-state index contributed by atoms with van der Waals surface area (Å²) in [5, 5.41) is 11.6. The van der Waals surface area contributed by atoms with Crippen LogP contribution >= 0.6 is 0 Å². The summed E-state index contributed by atoms with van der Waals surface area (Å²) in [6.45, 7) is 3.65. The molecule has 4 heteroatoms. The van der Waals surface area contributed by atoms with Crippen molar-refractivity contribution >= 4 is 6.03 Å². The second-order valence-corrected chi connectivity index (χ2v) is 5.32. The maximum Gasteiger partial charge on any atom is 0.317 e. The molecule has 2 rings (SSSR count). The lowest BCUT2D eigenvalue weighted by atomic mass is 9.94. The summed E-state index contributed by atoms with van der Waals surface area (Å²) in [6, 6.07) is 12.6. The summed E-state index contributed by atoms with van der Waals surface area (Å²) in [7, 11) is 0. The standard InChI is InChI=1S/C16H21N3O/c1-13(14-8-4-2-5-9-14)15-12-19(16(20)18-15)11-7-3-6-10-17/h2,4-5,8-9,13,15H,3,6-7,11-12H2,1H3,(H,18,20)/t13-,15?/m0/s1. The Labute approximate surface area is 120 Å². The van der Waals surface area contributed by atoms with Crippen molar-refractivity contribution in [3.8, 4) is 6.07 Å². The molecule has 1 N–H and O–H groups in total. The van der Waals surface area contributed by atoms with E-state index >= 15 is 0 Å². The van der Waals surface area contributed by atoms with E-state index < -0.39 is 0 Å². The number of carbonyl (C=O) groups is 1. The van der Waals surface area contributed by atoms with E-state index in [0.29, 0.717) is 12.3 Å². The van der Waals surface area contributed by atoms with Gasteiger partial charge in [-0.2, -0.15) is 5.26 Å². The Morgan fingerprint density at radius 2 is 2.15 bits per heavy atom. The van der Waals surface area contributed by atoms with E-state index in [4.69, 9.17) is 5.26 Å². The Morgan fingerprint density at radius 3 is 2.85 bits per heavy atom. The first kappa shape index (κ1) is 14.4. The number of amides is 2. The van der Waals surface area contributed by atoms with E-state index in [1.54, 1.807) is 0 Å². The van der Waals surface area contributed by atoms with Gasteiger partial charge in [-0.3, -0.25) is 0 Å². The van der Waals surface area contributed by atoms with Gasteiger partial charge in [-0.05, 0) is 18.4 Å². The number of hydrogen-bond donors (Lipinski definition) is 1. The van der Waals surface area contributed by atoms with Crippen LogP contribution in [0.4, 0.5) is 4.79 Å². The Morgan fingerprint density at radius 1 is 1.40 bits per heavy atom. The molecule has 2 amide bonds. The first-order chi connectivity index (χ1) is 9.72. The third-order valence-corrected chi connectivity index (χ3v) is 3.91. The van der Waals surface area contributed by atoms with Crippen molar-refractivity contribution in [1.82, 2.24) is 10.2 Å². The van der Waals surface area contributed by atoms with E-state index in [-0.39, 0.29) is 12.1 Å². The molecule has 0 bridgehead atoms. The molecule has 1 aliphatic rings. The molecule has 1 aromatic rings. The number of urea groups is 1. The highest BCUT2D eigenvalue weighted by Gasteiger charge is 2.32. The Balaban J connectivity index is 1.87. The van der Waals surface area contributed by atoms with Crippen molar-refractivity contribution in [3.05, 3.63) is 35.9 Å². The second-order valence-electron chi connectivity index (χ2n) is 5.32. The fourth-order valence-corrected chi connectivity index (χ4v) is 2.59. The van der Waals surface area contributed by atoms with E-state index in [1.165, 1.54) is 5.56 Å². The van der Waals surface area contributed by atoms with Crippen LogP contribution in [-0.4, -0.2) is 30.1 Å². The smallest absolute Gasteiger partial charge is 0.317 e. The normalized spacial score (nSPS) is 19.5. The van der Waals surface area contributed by atoms with E-state index in [2.05, 4.69) is 30.4 Å². The number of rotatable bonds is 6. The molecule has 0 radical (unpaired) electrons. The molecule has 0 spiro atoms. The third kappa shape index (κ3) is 3.51. The van der Waals surface area contributed by atoms with Crippen LogP contribution in [0.5, 0.6) is 0 Å². The number of unbranched alkanes of at least 4 members (excludes halogenated alkanes) is 2. The van der Waals surface area contributed by atoms with Gasteiger partial charge in [0.2, 0.25) is 0 Å². The molecule has 2 atom stereocenters. The van der Waals surface area contributed by atoms with Gasteiger partial charge in [-0.1, -0.05) is 37.3 Å². The van der Waals surface area contributed by atoms with Crippen LogP contribution in [0.15, 0.2) is 30.3 Å². The van der Waals surface area contributed by atoms with Gasteiger partial charge < -0.3 is 10.2 Å². The van der Waals surface area contributed by atoms with Gasteiger partial charge in [0.25, 0.3) is 0 Å². The van der Waals surface area contributed by atoms with Crippen LogP contribution in [0.3, 0.4) is 0 Å². The largest absolute Gasteiger partial charge is 0.333 e. The maximum atomic E-state index is 11.9. The van der Waals surface area contributed by atoms with Gasteiger partial charge in [0.1, 0.15) is 0 Å². The highest BCUT2D eigenvalue weighted by Crippen LogP contribution is 2.23. The SMILES string of the molecule is C[C@@H](c1ccccc1)C1CN(CCCCC#N)C(=O)N1. The summed E-state index contributed by atoms with van der Waals surface area (Å²) in [4.78, 5) is 13.8. The predicted molar refractivity (Wildman–Crippen MR) is 78.2 cm³/mol. The van der Waals surface area contributed by atoms with E-state index in [0.717, 1.165) is 25.9 Å². The molecule has 1 heterocycles.